The molecule has 110 valence electrons. The second kappa shape index (κ2) is 7.65. The van der Waals surface area contributed by atoms with Gasteiger partial charge in [-0.3, -0.25) is 0 Å². The minimum Gasteiger partial charge on any atom is -0.381 e. The van der Waals surface area contributed by atoms with Crippen LogP contribution in [-0.2, 0) is 17.8 Å². The molecule has 0 saturated heterocycles. The zero-order valence-electron chi connectivity index (χ0n) is 13.1. The zero-order valence-corrected chi connectivity index (χ0v) is 13.1. The van der Waals surface area contributed by atoms with Crippen molar-refractivity contribution >= 4 is 0 Å². The van der Waals surface area contributed by atoms with Gasteiger partial charge >= 0.3 is 0 Å². The lowest BCUT2D eigenvalue weighted by Crippen LogP contribution is -2.35. The van der Waals surface area contributed by atoms with E-state index in [9.17, 15) is 0 Å². The quantitative estimate of drug-likeness (QED) is 0.736. The molecule has 4 nitrogen and oxygen atoms in total. The summed E-state index contributed by atoms with van der Waals surface area (Å²) in [6, 6.07) is 0. The van der Waals surface area contributed by atoms with Gasteiger partial charge in [-0.15, -0.1) is 0 Å². The molecule has 19 heavy (non-hydrogen) atoms. The van der Waals surface area contributed by atoms with Gasteiger partial charge in [0.25, 0.3) is 0 Å². The molecular weight excluding hydrogens is 238 g/mol. The molecule has 0 saturated carbocycles. The Hall–Kier alpha value is -0.870. The van der Waals surface area contributed by atoms with Crippen LogP contribution in [0.5, 0.6) is 0 Å². The maximum Gasteiger partial charge on any atom is 0.0948 e. The third-order valence-corrected chi connectivity index (χ3v) is 2.74. The molecule has 1 aromatic rings. The Balaban J connectivity index is 2.28. The van der Waals surface area contributed by atoms with Crippen LogP contribution in [0.15, 0.2) is 12.5 Å². The molecule has 0 aliphatic carbocycles. The van der Waals surface area contributed by atoms with Crippen molar-refractivity contribution < 1.29 is 4.74 Å². The highest BCUT2D eigenvalue weighted by Gasteiger charge is 2.10. The second-order valence-corrected chi connectivity index (χ2v) is 6.50. The summed E-state index contributed by atoms with van der Waals surface area (Å²) in [4.78, 5) is 4.23. The first-order chi connectivity index (χ1) is 8.88. The van der Waals surface area contributed by atoms with E-state index in [2.05, 4.69) is 49.5 Å². The molecule has 0 spiro atoms. The van der Waals surface area contributed by atoms with Crippen molar-refractivity contribution in [3.05, 3.63) is 18.2 Å². The van der Waals surface area contributed by atoms with Crippen LogP contribution in [0.2, 0.25) is 0 Å². The Kier molecular flexibility index (Phi) is 6.52. The summed E-state index contributed by atoms with van der Waals surface area (Å²) >= 11 is 0. The molecule has 0 aromatic carbocycles. The van der Waals surface area contributed by atoms with Crippen molar-refractivity contribution in [2.24, 2.45) is 5.92 Å². The van der Waals surface area contributed by atoms with E-state index in [4.69, 9.17) is 4.74 Å². The Morgan fingerprint density at radius 3 is 2.74 bits per heavy atom. The maximum atomic E-state index is 5.60. The molecule has 0 unspecified atom stereocenters. The van der Waals surface area contributed by atoms with E-state index in [-0.39, 0.29) is 5.54 Å². The van der Waals surface area contributed by atoms with E-state index >= 15 is 0 Å². The lowest BCUT2D eigenvalue weighted by atomic mass is 10.1. The summed E-state index contributed by atoms with van der Waals surface area (Å²) < 4.78 is 7.80. The molecule has 1 heterocycles. The van der Waals surface area contributed by atoms with Crippen LogP contribution < -0.4 is 5.32 Å². The van der Waals surface area contributed by atoms with E-state index in [1.807, 2.05) is 12.5 Å². The van der Waals surface area contributed by atoms with E-state index in [1.54, 1.807) is 0 Å². The van der Waals surface area contributed by atoms with Gasteiger partial charge in [0.2, 0.25) is 0 Å². The molecule has 0 bridgehead atoms. The normalized spacial score (nSPS) is 12.3. The van der Waals surface area contributed by atoms with Gasteiger partial charge in [0.05, 0.1) is 12.0 Å². The van der Waals surface area contributed by atoms with E-state index < -0.39 is 0 Å². The highest BCUT2D eigenvalue weighted by atomic mass is 16.5. The van der Waals surface area contributed by atoms with Gasteiger partial charge in [-0.2, -0.15) is 0 Å². The Labute approximate surface area is 117 Å². The number of imidazole rings is 1. The lowest BCUT2D eigenvalue weighted by Gasteiger charge is -2.21. The van der Waals surface area contributed by atoms with Gasteiger partial charge in [-0.1, -0.05) is 13.8 Å². The summed E-state index contributed by atoms with van der Waals surface area (Å²) in [5.74, 6) is 0.611. The molecule has 1 rings (SSSR count). The molecule has 4 heteroatoms. The smallest absolute Gasteiger partial charge is 0.0948 e. The Morgan fingerprint density at radius 1 is 1.37 bits per heavy atom. The standard InChI is InChI=1S/C15H29N3O/c1-13(2)11-19-8-6-7-18-12-16-9-14(18)10-17-15(3,4)5/h9,12-13,17H,6-8,10-11H2,1-5H3. The van der Waals surface area contributed by atoms with Crippen molar-refractivity contribution in [1.82, 2.24) is 14.9 Å². The number of aromatic nitrogens is 2. The molecule has 0 aliphatic rings. The number of rotatable bonds is 8. The zero-order chi connectivity index (χ0) is 14.3. The number of ether oxygens (including phenoxy) is 1. The van der Waals surface area contributed by atoms with Gasteiger partial charge in [0.1, 0.15) is 0 Å². The van der Waals surface area contributed by atoms with Gasteiger partial charge in [-0.25, -0.2) is 4.98 Å². The summed E-state index contributed by atoms with van der Waals surface area (Å²) in [6.07, 6.45) is 4.88. The number of nitrogens with zero attached hydrogens (tertiary/aromatic N) is 2. The predicted octanol–water partition coefficient (Wildman–Crippen LogP) is 2.83. The van der Waals surface area contributed by atoms with E-state index in [0.29, 0.717) is 5.92 Å². The van der Waals surface area contributed by atoms with Crippen LogP contribution in [0.3, 0.4) is 0 Å². The second-order valence-electron chi connectivity index (χ2n) is 6.50. The summed E-state index contributed by atoms with van der Waals surface area (Å²) in [6.45, 7) is 14.4. The van der Waals surface area contributed by atoms with E-state index in [1.165, 1.54) is 5.69 Å². The van der Waals surface area contributed by atoms with Crippen LogP contribution in [0.25, 0.3) is 0 Å². The molecule has 0 radical (unpaired) electrons. The molecule has 1 N–H and O–H groups in total. The third-order valence-electron chi connectivity index (χ3n) is 2.74. The number of hydrogen-bond donors (Lipinski definition) is 1. The molecule has 0 amide bonds. The van der Waals surface area contributed by atoms with Crippen LogP contribution in [-0.4, -0.2) is 28.3 Å². The van der Waals surface area contributed by atoms with Crippen molar-refractivity contribution in [3.63, 3.8) is 0 Å². The van der Waals surface area contributed by atoms with Crippen molar-refractivity contribution in [2.75, 3.05) is 13.2 Å². The third kappa shape index (κ3) is 7.33. The van der Waals surface area contributed by atoms with Crippen molar-refractivity contribution in [3.8, 4) is 0 Å². The van der Waals surface area contributed by atoms with Crippen LogP contribution in [0, 0.1) is 5.92 Å². The van der Waals surface area contributed by atoms with Crippen LogP contribution in [0.1, 0.15) is 46.7 Å². The molecule has 0 atom stereocenters. The first kappa shape index (κ1) is 16.2. The highest BCUT2D eigenvalue weighted by molar-refractivity contribution is 4.98. The first-order valence-electron chi connectivity index (χ1n) is 7.20. The fraction of sp³-hybridized carbons (Fsp3) is 0.800. The first-order valence-corrected chi connectivity index (χ1v) is 7.20. The summed E-state index contributed by atoms with van der Waals surface area (Å²) in [5, 5.41) is 3.49. The average Bonchev–Trinajstić information content (AvgIpc) is 2.72. The minimum absolute atomic E-state index is 0.134. The molecule has 0 fully saturated rings. The van der Waals surface area contributed by atoms with E-state index in [0.717, 1.165) is 32.7 Å². The molecule has 1 aromatic heterocycles. The predicted molar refractivity (Wildman–Crippen MR) is 79.1 cm³/mol. The number of nitrogens with one attached hydrogen (secondary N) is 1. The van der Waals surface area contributed by atoms with Gasteiger partial charge in [0.15, 0.2) is 0 Å². The Morgan fingerprint density at radius 2 is 2.11 bits per heavy atom. The fourth-order valence-electron chi connectivity index (χ4n) is 1.71. The number of aryl methyl sites for hydroxylation is 1. The minimum atomic E-state index is 0.134. The SMILES string of the molecule is CC(C)COCCCn1cncc1CNC(C)(C)C. The fourth-order valence-corrected chi connectivity index (χ4v) is 1.71. The summed E-state index contributed by atoms with van der Waals surface area (Å²) in [5.41, 5.74) is 1.37. The van der Waals surface area contributed by atoms with Gasteiger partial charge in [-0.05, 0) is 33.1 Å². The topological polar surface area (TPSA) is 39.1 Å². The van der Waals surface area contributed by atoms with Crippen molar-refractivity contribution in [2.45, 2.75) is 59.7 Å². The maximum absolute atomic E-state index is 5.60. The van der Waals surface area contributed by atoms with Gasteiger partial charge < -0.3 is 14.6 Å². The largest absolute Gasteiger partial charge is 0.381 e. The monoisotopic (exact) mass is 267 g/mol. The summed E-state index contributed by atoms with van der Waals surface area (Å²) in [7, 11) is 0. The van der Waals surface area contributed by atoms with Crippen LogP contribution in [0.4, 0.5) is 0 Å². The highest BCUT2D eigenvalue weighted by Crippen LogP contribution is 2.05. The number of hydrogen-bond acceptors (Lipinski definition) is 3. The Bertz CT molecular complexity index is 353. The molecular formula is C15H29N3O. The van der Waals surface area contributed by atoms with Crippen LogP contribution >= 0.6 is 0 Å². The lowest BCUT2D eigenvalue weighted by molar-refractivity contribution is 0.105. The van der Waals surface area contributed by atoms with Gasteiger partial charge in [0, 0.05) is 38.0 Å². The molecule has 0 aliphatic heterocycles. The van der Waals surface area contributed by atoms with Crippen molar-refractivity contribution in [1.29, 1.82) is 0 Å². The average molecular weight is 267 g/mol.